The molecule has 22 heavy (non-hydrogen) atoms. The number of anilines is 1. The van der Waals surface area contributed by atoms with Crippen molar-refractivity contribution in [1.82, 2.24) is 0 Å². The molecule has 0 bridgehead atoms. The van der Waals surface area contributed by atoms with Crippen molar-refractivity contribution in [3.8, 4) is 5.75 Å². The normalized spacial score (nSPS) is 12.0. The Labute approximate surface area is 138 Å². The second-order valence-corrected chi connectivity index (χ2v) is 7.01. The molecule has 0 aliphatic rings. The zero-order chi connectivity index (χ0) is 16.4. The Morgan fingerprint density at radius 2 is 1.73 bits per heavy atom. The smallest absolute Gasteiger partial charge is 0.404 e. The molecule has 1 N–H and O–H groups in total. The van der Waals surface area contributed by atoms with Gasteiger partial charge in [0.05, 0.1) is 0 Å². The van der Waals surface area contributed by atoms with Crippen molar-refractivity contribution in [3.05, 3.63) is 52.1 Å². The van der Waals surface area contributed by atoms with Crippen molar-refractivity contribution in [2.45, 2.75) is 11.3 Å². The van der Waals surface area contributed by atoms with Crippen LogP contribution in [0, 0.1) is 3.57 Å². The topological polar surface area (TPSA) is 55.4 Å². The van der Waals surface area contributed by atoms with Gasteiger partial charge in [-0.3, -0.25) is 4.72 Å². The quantitative estimate of drug-likeness (QED) is 0.728. The molecule has 0 spiro atoms. The summed E-state index contributed by atoms with van der Waals surface area (Å²) < 4.78 is 68.3. The average molecular weight is 443 g/mol. The van der Waals surface area contributed by atoms with Crippen LogP contribution in [-0.4, -0.2) is 14.8 Å². The van der Waals surface area contributed by atoms with Crippen molar-refractivity contribution < 1.29 is 26.3 Å². The van der Waals surface area contributed by atoms with Crippen molar-refractivity contribution in [2.75, 3.05) is 4.72 Å². The fraction of sp³-hybridized carbons (Fsp3) is 0.0769. The highest BCUT2D eigenvalue weighted by molar-refractivity contribution is 14.1. The van der Waals surface area contributed by atoms with E-state index in [2.05, 4.69) is 9.46 Å². The molecule has 0 unspecified atom stereocenters. The van der Waals surface area contributed by atoms with E-state index in [0.717, 1.165) is 15.7 Å². The number of sulfonamides is 1. The fourth-order valence-corrected chi connectivity index (χ4v) is 3.37. The lowest BCUT2D eigenvalue weighted by molar-refractivity contribution is -0.275. The van der Waals surface area contributed by atoms with Crippen LogP contribution >= 0.6 is 22.6 Å². The van der Waals surface area contributed by atoms with Crippen molar-refractivity contribution in [3.63, 3.8) is 0 Å². The number of alkyl halides is 3. The highest BCUT2D eigenvalue weighted by Gasteiger charge is 2.34. The molecule has 4 nitrogen and oxygen atoms in total. The largest absolute Gasteiger partial charge is 0.573 e. The Kier molecular flexibility index (Phi) is 4.85. The summed E-state index contributed by atoms with van der Waals surface area (Å²) >= 11 is 1.99. The van der Waals surface area contributed by atoms with Gasteiger partial charge in [-0.25, -0.2) is 8.42 Å². The molecule has 0 amide bonds. The first-order chi connectivity index (χ1) is 10.2. The number of benzene rings is 2. The number of nitrogens with one attached hydrogen (secondary N) is 1. The van der Waals surface area contributed by atoms with Crippen LogP contribution in [0.5, 0.6) is 5.75 Å². The lowest BCUT2D eigenvalue weighted by Crippen LogP contribution is -2.20. The molecule has 0 aromatic heterocycles. The van der Waals surface area contributed by atoms with E-state index in [9.17, 15) is 21.6 Å². The Hall–Kier alpha value is -1.49. The minimum atomic E-state index is -4.98. The molecule has 9 heteroatoms. The lowest BCUT2D eigenvalue weighted by atomic mass is 10.3. The van der Waals surface area contributed by atoms with E-state index in [4.69, 9.17) is 0 Å². The van der Waals surface area contributed by atoms with E-state index in [1.54, 1.807) is 18.2 Å². The molecule has 0 radical (unpaired) electrons. The van der Waals surface area contributed by atoms with Gasteiger partial charge in [-0.2, -0.15) is 0 Å². The van der Waals surface area contributed by atoms with Crippen LogP contribution < -0.4 is 9.46 Å². The van der Waals surface area contributed by atoms with E-state index in [-0.39, 0.29) is 5.69 Å². The van der Waals surface area contributed by atoms with Gasteiger partial charge in [0.15, 0.2) is 0 Å². The number of para-hydroxylation sites is 1. The molecule has 0 fully saturated rings. The first-order valence-corrected chi connectivity index (χ1v) is 8.37. The second kappa shape index (κ2) is 6.32. The molecule has 0 saturated carbocycles. The van der Waals surface area contributed by atoms with Gasteiger partial charge in [0.25, 0.3) is 10.0 Å². The van der Waals surface area contributed by atoms with Gasteiger partial charge in [0.2, 0.25) is 0 Å². The molecular formula is C13H9F3INO3S. The van der Waals surface area contributed by atoms with E-state index in [0.29, 0.717) is 0 Å². The summed E-state index contributed by atoms with van der Waals surface area (Å²) in [5, 5.41) is 0. The van der Waals surface area contributed by atoms with Gasteiger partial charge >= 0.3 is 6.36 Å². The van der Waals surface area contributed by atoms with Crippen LogP contribution in [0.3, 0.4) is 0 Å². The molecule has 118 valence electrons. The van der Waals surface area contributed by atoms with Crippen LogP contribution in [0.4, 0.5) is 18.9 Å². The number of hydrogen-bond donors (Lipinski definition) is 1. The first kappa shape index (κ1) is 16.9. The van der Waals surface area contributed by atoms with Crippen molar-refractivity contribution in [1.29, 1.82) is 0 Å². The summed E-state index contributed by atoms with van der Waals surface area (Å²) in [6.45, 7) is 0. The summed E-state index contributed by atoms with van der Waals surface area (Å²) in [6.07, 6.45) is -4.98. The molecule has 0 atom stereocenters. The molecule has 0 heterocycles. The van der Waals surface area contributed by atoms with Crippen LogP contribution in [0.2, 0.25) is 0 Å². The highest BCUT2D eigenvalue weighted by Crippen LogP contribution is 2.30. The van der Waals surface area contributed by atoms with Crippen molar-refractivity contribution in [2.24, 2.45) is 0 Å². The zero-order valence-corrected chi connectivity index (χ0v) is 13.7. The Morgan fingerprint density at radius 1 is 1.05 bits per heavy atom. The minimum Gasteiger partial charge on any atom is -0.404 e. The predicted octanol–water partition coefficient (Wildman–Crippen LogP) is 3.99. The van der Waals surface area contributed by atoms with E-state index in [1.807, 2.05) is 22.6 Å². The number of rotatable bonds is 4. The Bertz CT molecular complexity index is 778. The van der Waals surface area contributed by atoms with E-state index >= 15 is 0 Å². The highest BCUT2D eigenvalue weighted by atomic mass is 127. The minimum absolute atomic E-state index is 0.244. The van der Waals surface area contributed by atoms with E-state index < -0.39 is 27.0 Å². The van der Waals surface area contributed by atoms with E-state index in [1.165, 1.54) is 18.2 Å². The van der Waals surface area contributed by atoms with Gasteiger partial charge in [0, 0.05) is 9.26 Å². The van der Waals surface area contributed by atoms with Gasteiger partial charge in [0.1, 0.15) is 10.6 Å². The van der Waals surface area contributed by atoms with Crippen molar-refractivity contribution >= 4 is 38.3 Å². The average Bonchev–Trinajstić information content (AvgIpc) is 2.36. The van der Waals surface area contributed by atoms with Crippen LogP contribution in [0.15, 0.2) is 53.4 Å². The van der Waals surface area contributed by atoms with Gasteiger partial charge in [-0.1, -0.05) is 18.2 Å². The second-order valence-electron chi connectivity index (χ2n) is 4.11. The van der Waals surface area contributed by atoms with Gasteiger partial charge < -0.3 is 4.74 Å². The molecule has 0 aliphatic carbocycles. The summed E-state index contributed by atoms with van der Waals surface area (Å²) in [6, 6.07) is 11.0. The summed E-state index contributed by atoms with van der Waals surface area (Å²) in [4.78, 5) is -0.591. The summed E-state index contributed by atoms with van der Waals surface area (Å²) in [5.41, 5.74) is 0.244. The molecule has 2 aromatic rings. The number of hydrogen-bond acceptors (Lipinski definition) is 3. The maximum atomic E-state index is 12.4. The van der Waals surface area contributed by atoms with Crippen LogP contribution in [0.25, 0.3) is 0 Å². The third kappa shape index (κ3) is 4.50. The van der Waals surface area contributed by atoms with Crippen LogP contribution in [-0.2, 0) is 10.0 Å². The van der Waals surface area contributed by atoms with Gasteiger partial charge in [-0.05, 0) is 52.9 Å². The third-order valence-electron chi connectivity index (χ3n) is 2.44. The Balaban J connectivity index is 2.38. The molecule has 2 rings (SSSR count). The van der Waals surface area contributed by atoms with Gasteiger partial charge in [-0.15, -0.1) is 13.2 Å². The number of ether oxygens (including phenoxy) is 1. The maximum Gasteiger partial charge on any atom is 0.573 e. The maximum absolute atomic E-state index is 12.4. The third-order valence-corrected chi connectivity index (χ3v) is 4.53. The zero-order valence-electron chi connectivity index (χ0n) is 10.8. The SMILES string of the molecule is O=S(=O)(Nc1cccc(I)c1)c1ccccc1OC(F)(F)F. The first-order valence-electron chi connectivity index (χ1n) is 5.80. The van der Waals surface area contributed by atoms with Crippen LogP contribution in [0.1, 0.15) is 0 Å². The summed E-state index contributed by atoms with van der Waals surface area (Å²) in [7, 11) is -4.21. The monoisotopic (exact) mass is 443 g/mol. The Morgan fingerprint density at radius 3 is 2.36 bits per heavy atom. The molecular weight excluding hydrogens is 434 g/mol. The fourth-order valence-electron chi connectivity index (χ4n) is 1.64. The molecule has 2 aromatic carbocycles. The predicted molar refractivity (Wildman–Crippen MR) is 83.1 cm³/mol. The number of halogens is 4. The molecule has 0 saturated heterocycles. The summed E-state index contributed by atoms with van der Waals surface area (Å²) in [5.74, 6) is -0.784. The standard InChI is InChI=1S/C13H9F3INO3S/c14-13(15,16)21-11-6-1-2-7-12(11)22(19,20)18-10-5-3-4-9(17)8-10/h1-8,18H. The lowest BCUT2D eigenvalue weighted by Gasteiger charge is -2.14. The molecule has 0 aliphatic heterocycles.